The lowest BCUT2D eigenvalue weighted by molar-refractivity contribution is -0.139. The highest BCUT2D eigenvalue weighted by Crippen LogP contribution is 2.32. The molecule has 0 aliphatic carbocycles. The van der Waals surface area contributed by atoms with E-state index in [0.29, 0.717) is 16.4 Å². The first kappa shape index (κ1) is 22.2. The Morgan fingerprint density at radius 1 is 1.39 bits per heavy atom. The van der Waals surface area contributed by atoms with E-state index in [1.54, 1.807) is 38.8 Å². The van der Waals surface area contributed by atoms with Crippen molar-refractivity contribution in [3.05, 3.63) is 41.1 Å². The van der Waals surface area contributed by atoms with Gasteiger partial charge in [0.2, 0.25) is 5.91 Å². The number of nitrogens with one attached hydrogen (secondary N) is 2. The van der Waals surface area contributed by atoms with Crippen LogP contribution in [0.25, 0.3) is 0 Å². The van der Waals surface area contributed by atoms with E-state index in [2.05, 4.69) is 10.6 Å². The van der Waals surface area contributed by atoms with Crippen molar-refractivity contribution in [3.63, 3.8) is 0 Å². The second-order valence-electron chi connectivity index (χ2n) is 7.26. The lowest BCUT2D eigenvalue weighted by atomic mass is 9.93. The molecule has 1 aliphatic heterocycles. The van der Waals surface area contributed by atoms with Crippen LogP contribution < -0.4 is 10.6 Å². The van der Waals surface area contributed by atoms with Crippen LogP contribution >= 0.6 is 23.8 Å². The average molecular weight is 424 g/mol. The highest BCUT2D eigenvalue weighted by atomic mass is 35.5. The molecular weight excluding hydrogens is 398 g/mol. The molecule has 28 heavy (non-hydrogen) atoms. The number of ether oxygens (including phenoxy) is 1. The zero-order valence-electron chi connectivity index (χ0n) is 16.8. The first-order chi connectivity index (χ1) is 13.1. The van der Waals surface area contributed by atoms with Gasteiger partial charge in [0.15, 0.2) is 5.11 Å². The van der Waals surface area contributed by atoms with Crippen LogP contribution in [0, 0.1) is 5.41 Å². The normalized spacial score (nSPS) is 17.3. The second-order valence-corrected chi connectivity index (χ2v) is 7.91. The van der Waals surface area contributed by atoms with Gasteiger partial charge < -0.3 is 20.3 Å². The molecule has 1 aliphatic rings. The van der Waals surface area contributed by atoms with Gasteiger partial charge in [-0.3, -0.25) is 4.79 Å². The molecule has 0 saturated heterocycles. The second kappa shape index (κ2) is 8.92. The summed E-state index contributed by atoms with van der Waals surface area (Å²) in [5, 5.41) is 6.58. The number of thiocarbonyl (C=S) groups is 1. The minimum Gasteiger partial charge on any atom is -0.463 e. The molecule has 152 valence electrons. The molecule has 2 rings (SSSR count). The zero-order chi connectivity index (χ0) is 21.1. The molecule has 0 spiro atoms. The molecule has 2 N–H and O–H groups in total. The first-order valence-electron chi connectivity index (χ1n) is 9.01. The van der Waals surface area contributed by atoms with Gasteiger partial charge in [-0.1, -0.05) is 12.1 Å². The average Bonchev–Trinajstić information content (AvgIpc) is 2.66. The minimum absolute atomic E-state index is 0.177. The van der Waals surface area contributed by atoms with Gasteiger partial charge in [-0.25, -0.2) is 4.79 Å². The number of esters is 1. The minimum atomic E-state index is -0.697. The number of hydrogen-bond acceptors (Lipinski definition) is 4. The predicted molar refractivity (Wildman–Crippen MR) is 115 cm³/mol. The number of benzene rings is 1. The van der Waals surface area contributed by atoms with Crippen molar-refractivity contribution in [2.45, 2.75) is 33.7 Å². The number of alkyl halides is 1. The van der Waals surface area contributed by atoms with Crippen molar-refractivity contribution in [3.8, 4) is 0 Å². The van der Waals surface area contributed by atoms with Gasteiger partial charge in [0.1, 0.15) is 0 Å². The highest BCUT2D eigenvalue weighted by molar-refractivity contribution is 7.80. The summed E-state index contributed by atoms with van der Waals surface area (Å²) in [6.07, 6.45) is 0. The Kier molecular flexibility index (Phi) is 7.06. The number of anilines is 1. The Morgan fingerprint density at radius 2 is 2.07 bits per heavy atom. The highest BCUT2D eigenvalue weighted by Gasteiger charge is 2.33. The van der Waals surface area contributed by atoms with Crippen LogP contribution in [0.4, 0.5) is 5.69 Å². The van der Waals surface area contributed by atoms with Crippen LogP contribution in [0.5, 0.6) is 0 Å². The number of rotatable bonds is 6. The molecule has 0 aromatic heterocycles. The fraction of sp³-hybridized carbons (Fsp3) is 0.450. The van der Waals surface area contributed by atoms with E-state index in [1.807, 2.05) is 25.1 Å². The molecule has 1 heterocycles. The molecule has 1 aromatic rings. The Hall–Kier alpha value is -2.12. The Balaban J connectivity index is 2.41. The summed E-state index contributed by atoms with van der Waals surface area (Å²) >= 11 is 11.3. The van der Waals surface area contributed by atoms with Gasteiger partial charge in [0, 0.05) is 24.3 Å². The first-order valence-corrected chi connectivity index (χ1v) is 9.96. The summed E-state index contributed by atoms with van der Waals surface area (Å²) in [5.74, 6) is -0.369. The van der Waals surface area contributed by atoms with Gasteiger partial charge in [-0.05, 0) is 57.6 Å². The molecule has 0 bridgehead atoms. The van der Waals surface area contributed by atoms with E-state index in [1.165, 1.54) is 0 Å². The van der Waals surface area contributed by atoms with Crippen molar-refractivity contribution in [1.82, 2.24) is 10.2 Å². The largest absolute Gasteiger partial charge is 0.463 e. The number of allylic oxidation sites excluding steroid dienone is 1. The van der Waals surface area contributed by atoms with Crippen LogP contribution in [0.15, 0.2) is 35.5 Å². The fourth-order valence-electron chi connectivity index (χ4n) is 2.72. The Labute approximate surface area is 176 Å². The number of carbonyl (C=O) groups is 2. The lowest BCUT2D eigenvalue weighted by Gasteiger charge is -2.35. The standard InChI is InChI=1S/C20H26ClN3O3S/c1-6-27-17(25)15-12(2)24(5)19(28)23-16(15)13-8-7-9-14(10-13)22-18(26)20(3,4)11-21/h7-10,16H,6,11H2,1-5H3,(H,22,26)(H,23,28). The summed E-state index contributed by atoms with van der Waals surface area (Å²) in [4.78, 5) is 26.8. The molecule has 0 radical (unpaired) electrons. The molecule has 0 saturated carbocycles. The van der Waals surface area contributed by atoms with E-state index in [9.17, 15) is 9.59 Å². The molecule has 6 nitrogen and oxygen atoms in total. The zero-order valence-corrected chi connectivity index (χ0v) is 18.3. The molecule has 1 unspecified atom stereocenters. The smallest absolute Gasteiger partial charge is 0.338 e. The van der Waals surface area contributed by atoms with Crippen LogP contribution in [-0.2, 0) is 14.3 Å². The number of halogens is 1. The van der Waals surface area contributed by atoms with E-state index in [4.69, 9.17) is 28.6 Å². The monoisotopic (exact) mass is 423 g/mol. The summed E-state index contributed by atoms with van der Waals surface area (Å²) in [5.41, 5.74) is 1.93. The van der Waals surface area contributed by atoms with Crippen molar-refractivity contribution in [2.75, 3.05) is 24.9 Å². The molecule has 0 fully saturated rings. The van der Waals surface area contributed by atoms with E-state index < -0.39 is 17.4 Å². The molecular formula is C20H26ClN3O3S. The maximum Gasteiger partial charge on any atom is 0.338 e. The van der Waals surface area contributed by atoms with E-state index >= 15 is 0 Å². The van der Waals surface area contributed by atoms with Crippen LogP contribution in [0.2, 0.25) is 0 Å². The quantitative estimate of drug-likeness (QED) is 0.414. The van der Waals surface area contributed by atoms with Crippen LogP contribution in [0.3, 0.4) is 0 Å². The molecule has 1 atom stereocenters. The maximum atomic E-state index is 12.6. The van der Waals surface area contributed by atoms with Crippen LogP contribution in [-0.4, -0.2) is 41.4 Å². The van der Waals surface area contributed by atoms with Gasteiger partial charge >= 0.3 is 5.97 Å². The maximum absolute atomic E-state index is 12.6. The van der Waals surface area contributed by atoms with E-state index in [-0.39, 0.29) is 18.4 Å². The molecule has 1 aromatic carbocycles. The van der Waals surface area contributed by atoms with Gasteiger partial charge in [-0.2, -0.15) is 0 Å². The number of carbonyl (C=O) groups excluding carboxylic acids is 2. The number of hydrogen-bond donors (Lipinski definition) is 2. The topological polar surface area (TPSA) is 70.7 Å². The van der Waals surface area contributed by atoms with Crippen molar-refractivity contribution >= 4 is 46.5 Å². The Bertz CT molecular complexity index is 823. The SMILES string of the molecule is CCOC(=O)C1=C(C)N(C)C(=S)NC1c1cccc(NC(=O)C(C)(C)CCl)c1. The van der Waals surface area contributed by atoms with E-state index in [0.717, 1.165) is 11.3 Å². The third-order valence-corrected chi connectivity index (χ3v) is 5.74. The van der Waals surface area contributed by atoms with Crippen molar-refractivity contribution < 1.29 is 14.3 Å². The third-order valence-electron chi connectivity index (χ3n) is 4.68. The van der Waals surface area contributed by atoms with Crippen molar-refractivity contribution in [2.24, 2.45) is 5.41 Å². The summed E-state index contributed by atoms with van der Waals surface area (Å²) < 4.78 is 5.25. The summed E-state index contributed by atoms with van der Waals surface area (Å²) in [6.45, 7) is 7.44. The van der Waals surface area contributed by atoms with Gasteiger partial charge in [-0.15, -0.1) is 11.6 Å². The number of nitrogens with zero attached hydrogens (tertiary/aromatic N) is 1. The molecule has 8 heteroatoms. The lowest BCUT2D eigenvalue weighted by Crippen LogP contribution is -2.46. The summed E-state index contributed by atoms with van der Waals surface area (Å²) in [6, 6.07) is 6.83. The van der Waals surface area contributed by atoms with Crippen molar-refractivity contribution in [1.29, 1.82) is 0 Å². The molecule has 1 amide bonds. The third kappa shape index (κ3) is 4.64. The predicted octanol–water partition coefficient (Wildman–Crippen LogP) is 3.59. The van der Waals surface area contributed by atoms with Gasteiger partial charge in [0.25, 0.3) is 0 Å². The van der Waals surface area contributed by atoms with Gasteiger partial charge in [0.05, 0.1) is 23.6 Å². The fourth-order valence-corrected chi connectivity index (χ4v) is 3.09. The van der Waals surface area contributed by atoms with Crippen LogP contribution in [0.1, 0.15) is 39.3 Å². The number of amides is 1. The Morgan fingerprint density at radius 3 is 2.68 bits per heavy atom. The summed E-state index contributed by atoms with van der Waals surface area (Å²) in [7, 11) is 1.80.